The Balaban J connectivity index is 1.71. The first-order valence-electron chi connectivity index (χ1n) is 6.77. The molecule has 0 spiro atoms. The summed E-state index contributed by atoms with van der Waals surface area (Å²) in [6.45, 7) is 2.97. The molecule has 0 amide bonds. The molecule has 3 nitrogen and oxygen atoms in total. The first-order chi connectivity index (χ1) is 10.2. The Hall–Kier alpha value is -1.59. The van der Waals surface area contributed by atoms with Gasteiger partial charge < -0.3 is 5.32 Å². The molecule has 0 saturated heterocycles. The minimum atomic E-state index is 0.293. The van der Waals surface area contributed by atoms with Crippen molar-refractivity contribution in [1.29, 1.82) is 0 Å². The van der Waals surface area contributed by atoms with Gasteiger partial charge in [-0.15, -0.1) is 11.3 Å². The highest BCUT2D eigenvalue weighted by Gasteiger charge is 2.08. The minimum Gasteiger partial charge on any atom is -0.378 e. The molecule has 21 heavy (non-hydrogen) atoms. The number of nitrogens with one attached hydrogen (secondary N) is 1. The van der Waals surface area contributed by atoms with E-state index in [2.05, 4.69) is 69.0 Å². The molecule has 0 saturated carbocycles. The van der Waals surface area contributed by atoms with E-state index in [0.717, 1.165) is 16.7 Å². The molecule has 108 valence electrons. The Morgan fingerprint density at radius 1 is 1.33 bits per heavy atom. The standard InChI is InChI=1S/C16H16BrN3S/c1-12(16-9-14(17)11-21-16)19-15-5-2-4-13(8-15)10-20-7-3-6-18-20/h2-9,11-12,19H,10H2,1H3. The van der Waals surface area contributed by atoms with Gasteiger partial charge in [0.15, 0.2) is 0 Å². The summed E-state index contributed by atoms with van der Waals surface area (Å²) in [5, 5.41) is 9.91. The molecule has 2 aromatic heterocycles. The molecule has 1 aromatic carbocycles. The fraction of sp³-hybridized carbons (Fsp3) is 0.188. The molecule has 3 aromatic rings. The molecule has 0 radical (unpaired) electrons. The monoisotopic (exact) mass is 361 g/mol. The smallest absolute Gasteiger partial charge is 0.0660 e. The third-order valence-electron chi connectivity index (χ3n) is 3.23. The third-order valence-corrected chi connectivity index (χ3v) is 5.10. The van der Waals surface area contributed by atoms with Crippen LogP contribution in [0.15, 0.2) is 58.6 Å². The van der Waals surface area contributed by atoms with E-state index < -0.39 is 0 Å². The van der Waals surface area contributed by atoms with Crippen molar-refractivity contribution in [2.75, 3.05) is 5.32 Å². The van der Waals surface area contributed by atoms with Crippen LogP contribution >= 0.6 is 27.3 Å². The SMILES string of the molecule is CC(Nc1cccc(Cn2cccn2)c1)c1cc(Br)cs1. The average molecular weight is 362 g/mol. The van der Waals surface area contributed by atoms with Gasteiger partial charge >= 0.3 is 0 Å². The maximum atomic E-state index is 4.25. The van der Waals surface area contributed by atoms with Crippen molar-refractivity contribution >= 4 is 33.0 Å². The van der Waals surface area contributed by atoms with Crippen molar-refractivity contribution in [2.24, 2.45) is 0 Å². The van der Waals surface area contributed by atoms with Crippen molar-refractivity contribution in [3.63, 3.8) is 0 Å². The molecule has 5 heteroatoms. The molecule has 0 aliphatic carbocycles. The number of nitrogens with zero attached hydrogens (tertiary/aromatic N) is 2. The molecule has 2 heterocycles. The number of thiophene rings is 1. The second-order valence-electron chi connectivity index (χ2n) is 4.94. The Morgan fingerprint density at radius 2 is 2.24 bits per heavy atom. The first kappa shape index (κ1) is 14.4. The van der Waals surface area contributed by atoms with Gasteiger partial charge in [-0.25, -0.2) is 0 Å². The van der Waals surface area contributed by atoms with Crippen LogP contribution in [0.4, 0.5) is 5.69 Å². The summed E-state index contributed by atoms with van der Waals surface area (Å²) < 4.78 is 3.07. The lowest BCUT2D eigenvalue weighted by Crippen LogP contribution is -2.06. The van der Waals surface area contributed by atoms with Gasteiger partial charge in [0.25, 0.3) is 0 Å². The van der Waals surface area contributed by atoms with Gasteiger partial charge in [-0.3, -0.25) is 4.68 Å². The third kappa shape index (κ3) is 3.74. The van der Waals surface area contributed by atoms with Crippen LogP contribution in [-0.4, -0.2) is 9.78 Å². The number of halogens is 1. The average Bonchev–Trinajstić information content (AvgIpc) is 3.11. The van der Waals surface area contributed by atoms with Crippen LogP contribution in [0.5, 0.6) is 0 Å². The molecule has 0 bridgehead atoms. The summed E-state index contributed by atoms with van der Waals surface area (Å²) in [4.78, 5) is 1.32. The molecule has 3 rings (SSSR count). The van der Waals surface area contributed by atoms with Gasteiger partial charge in [-0.1, -0.05) is 12.1 Å². The van der Waals surface area contributed by atoms with Gasteiger partial charge in [-0.2, -0.15) is 5.10 Å². The zero-order valence-corrected chi connectivity index (χ0v) is 14.1. The maximum Gasteiger partial charge on any atom is 0.0660 e. The van der Waals surface area contributed by atoms with Crippen molar-refractivity contribution in [3.05, 3.63) is 69.1 Å². The highest BCUT2D eigenvalue weighted by molar-refractivity contribution is 9.10. The Morgan fingerprint density at radius 3 is 2.95 bits per heavy atom. The second kappa shape index (κ2) is 6.45. The number of rotatable bonds is 5. The Bertz CT molecular complexity index is 706. The summed E-state index contributed by atoms with van der Waals surface area (Å²) in [6.07, 6.45) is 3.78. The van der Waals surface area contributed by atoms with E-state index in [1.54, 1.807) is 17.5 Å². The van der Waals surface area contributed by atoms with Gasteiger partial charge in [0.05, 0.1) is 12.6 Å². The predicted octanol–water partition coefficient (Wildman–Crippen LogP) is 4.93. The van der Waals surface area contributed by atoms with Crippen LogP contribution in [0, 0.1) is 0 Å². The van der Waals surface area contributed by atoms with E-state index in [-0.39, 0.29) is 0 Å². The number of benzene rings is 1. The van der Waals surface area contributed by atoms with Crippen LogP contribution in [0.2, 0.25) is 0 Å². The van der Waals surface area contributed by atoms with Crippen molar-refractivity contribution in [1.82, 2.24) is 9.78 Å². The first-order valence-corrected chi connectivity index (χ1v) is 8.45. The van der Waals surface area contributed by atoms with E-state index in [4.69, 9.17) is 0 Å². The quantitative estimate of drug-likeness (QED) is 0.698. The molecule has 0 fully saturated rings. The Kier molecular flexibility index (Phi) is 4.41. The van der Waals surface area contributed by atoms with Gasteiger partial charge in [-0.05, 0) is 52.7 Å². The predicted molar refractivity (Wildman–Crippen MR) is 91.8 cm³/mol. The number of anilines is 1. The number of aromatic nitrogens is 2. The molecular weight excluding hydrogens is 346 g/mol. The lowest BCUT2D eigenvalue weighted by atomic mass is 10.2. The number of hydrogen-bond acceptors (Lipinski definition) is 3. The van der Waals surface area contributed by atoms with Crippen LogP contribution in [0.3, 0.4) is 0 Å². The summed E-state index contributed by atoms with van der Waals surface area (Å²) in [5.41, 5.74) is 2.37. The molecule has 0 aliphatic rings. The molecule has 1 unspecified atom stereocenters. The van der Waals surface area contributed by atoms with Gasteiger partial charge in [0.1, 0.15) is 0 Å². The van der Waals surface area contributed by atoms with Crippen molar-refractivity contribution < 1.29 is 0 Å². The number of hydrogen-bond donors (Lipinski definition) is 1. The van der Waals surface area contributed by atoms with Crippen LogP contribution < -0.4 is 5.32 Å². The molecule has 0 aliphatic heterocycles. The summed E-state index contributed by atoms with van der Waals surface area (Å²) >= 11 is 5.27. The van der Waals surface area contributed by atoms with Gasteiger partial charge in [0, 0.05) is 32.8 Å². The Labute approximate surface area is 136 Å². The minimum absolute atomic E-state index is 0.293. The molecule has 1 atom stereocenters. The highest BCUT2D eigenvalue weighted by atomic mass is 79.9. The summed E-state index contributed by atoms with van der Waals surface area (Å²) in [6, 6.07) is 12.9. The molecule has 1 N–H and O–H groups in total. The zero-order valence-electron chi connectivity index (χ0n) is 11.7. The summed E-state index contributed by atoms with van der Waals surface area (Å²) in [5.74, 6) is 0. The lowest BCUT2D eigenvalue weighted by Gasteiger charge is -2.14. The van der Waals surface area contributed by atoms with E-state index in [0.29, 0.717) is 6.04 Å². The van der Waals surface area contributed by atoms with Crippen LogP contribution in [0.25, 0.3) is 0 Å². The van der Waals surface area contributed by atoms with E-state index in [1.807, 2.05) is 16.9 Å². The maximum absolute atomic E-state index is 4.25. The molecular formula is C16H16BrN3S. The largest absolute Gasteiger partial charge is 0.378 e. The van der Waals surface area contributed by atoms with Crippen LogP contribution in [-0.2, 0) is 6.54 Å². The highest BCUT2D eigenvalue weighted by Crippen LogP contribution is 2.28. The second-order valence-corrected chi connectivity index (χ2v) is 6.80. The van der Waals surface area contributed by atoms with Crippen molar-refractivity contribution in [2.45, 2.75) is 19.5 Å². The van der Waals surface area contributed by atoms with E-state index >= 15 is 0 Å². The fourth-order valence-corrected chi connectivity index (χ4v) is 3.67. The van der Waals surface area contributed by atoms with Crippen LogP contribution in [0.1, 0.15) is 23.4 Å². The van der Waals surface area contributed by atoms with Gasteiger partial charge in [0.2, 0.25) is 0 Å². The lowest BCUT2D eigenvalue weighted by molar-refractivity contribution is 0.687. The van der Waals surface area contributed by atoms with Crippen molar-refractivity contribution in [3.8, 4) is 0 Å². The van der Waals surface area contributed by atoms with E-state index in [9.17, 15) is 0 Å². The topological polar surface area (TPSA) is 29.9 Å². The zero-order chi connectivity index (χ0) is 14.7. The van der Waals surface area contributed by atoms with E-state index in [1.165, 1.54) is 10.4 Å². The summed E-state index contributed by atoms with van der Waals surface area (Å²) in [7, 11) is 0. The fourth-order valence-electron chi connectivity index (χ4n) is 2.22. The normalized spacial score (nSPS) is 12.3.